The third-order valence-electron chi connectivity index (χ3n) is 3.78. The summed E-state index contributed by atoms with van der Waals surface area (Å²) in [6, 6.07) is 9.28. The highest BCUT2D eigenvalue weighted by molar-refractivity contribution is 5.78. The number of aliphatic hydroxyl groups excluding tert-OH is 1. The molecule has 1 aromatic carbocycles. The molecule has 1 atom stereocenters. The molecule has 4 nitrogen and oxygen atoms in total. The SMILES string of the molecule is CC1(C)CCN(C(=O)COc2ccccc2)CC1O. The lowest BCUT2D eigenvalue weighted by Crippen LogP contribution is -2.51. The van der Waals surface area contributed by atoms with Crippen LogP contribution >= 0.6 is 0 Å². The first-order chi connectivity index (χ1) is 8.99. The number of amides is 1. The Hall–Kier alpha value is -1.55. The summed E-state index contributed by atoms with van der Waals surface area (Å²) >= 11 is 0. The van der Waals surface area contributed by atoms with Gasteiger partial charge in [0.15, 0.2) is 6.61 Å². The summed E-state index contributed by atoms with van der Waals surface area (Å²) in [6.07, 6.45) is 0.340. The number of piperidine rings is 1. The fraction of sp³-hybridized carbons (Fsp3) is 0.533. The molecule has 1 N–H and O–H groups in total. The summed E-state index contributed by atoms with van der Waals surface area (Å²) < 4.78 is 5.44. The normalized spacial score (nSPS) is 22.1. The molecule has 1 heterocycles. The number of carbonyl (C=O) groups excluding carboxylic acids is 1. The van der Waals surface area contributed by atoms with E-state index in [1.807, 2.05) is 44.2 Å². The number of hydrogen-bond acceptors (Lipinski definition) is 3. The van der Waals surface area contributed by atoms with Crippen LogP contribution in [0.15, 0.2) is 30.3 Å². The first-order valence-corrected chi connectivity index (χ1v) is 6.63. The van der Waals surface area contributed by atoms with Crippen LogP contribution in [0.5, 0.6) is 5.75 Å². The molecule has 2 rings (SSSR count). The summed E-state index contributed by atoms with van der Waals surface area (Å²) in [7, 11) is 0. The molecule has 1 amide bonds. The Morgan fingerprint density at radius 3 is 2.74 bits per heavy atom. The first-order valence-electron chi connectivity index (χ1n) is 6.63. The van der Waals surface area contributed by atoms with Gasteiger partial charge in [-0.15, -0.1) is 0 Å². The van der Waals surface area contributed by atoms with Gasteiger partial charge in [-0.25, -0.2) is 0 Å². The summed E-state index contributed by atoms with van der Waals surface area (Å²) in [6.45, 7) is 5.15. The van der Waals surface area contributed by atoms with Crippen molar-refractivity contribution in [2.24, 2.45) is 5.41 Å². The fourth-order valence-corrected chi connectivity index (χ4v) is 2.12. The highest BCUT2D eigenvalue weighted by Gasteiger charge is 2.35. The van der Waals surface area contributed by atoms with Crippen molar-refractivity contribution >= 4 is 5.91 Å². The average molecular weight is 263 g/mol. The van der Waals surface area contributed by atoms with E-state index in [0.717, 1.165) is 6.42 Å². The molecule has 4 heteroatoms. The van der Waals surface area contributed by atoms with Crippen molar-refractivity contribution in [1.82, 2.24) is 4.90 Å². The smallest absolute Gasteiger partial charge is 0.260 e. The maximum absolute atomic E-state index is 12.0. The molecule has 104 valence electrons. The number of para-hydroxylation sites is 1. The van der Waals surface area contributed by atoms with Crippen LogP contribution < -0.4 is 4.74 Å². The Labute approximate surface area is 114 Å². The molecule has 1 aliphatic heterocycles. The first kappa shape index (κ1) is 13.9. The second-order valence-corrected chi connectivity index (χ2v) is 5.70. The van der Waals surface area contributed by atoms with Gasteiger partial charge in [0.05, 0.1) is 6.10 Å². The second-order valence-electron chi connectivity index (χ2n) is 5.70. The van der Waals surface area contributed by atoms with Crippen molar-refractivity contribution in [2.45, 2.75) is 26.4 Å². The predicted molar refractivity (Wildman–Crippen MR) is 72.9 cm³/mol. The number of carbonyl (C=O) groups is 1. The Morgan fingerprint density at radius 2 is 2.11 bits per heavy atom. The number of likely N-dealkylation sites (tertiary alicyclic amines) is 1. The lowest BCUT2D eigenvalue weighted by atomic mass is 9.80. The predicted octanol–water partition coefficient (Wildman–Crippen LogP) is 1.68. The third-order valence-corrected chi connectivity index (χ3v) is 3.78. The van der Waals surface area contributed by atoms with Gasteiger partial charge in [-0.3, -0.25) is 4.79 Å². The van der Waals surface area contributed by atoms with E-state index < -0.39 is 6.10 Å². The van der Waals surface area contributed by atoms with Crippen molar-refractivity contribution in [3.8, 4) is 5.75 Å². The van der Waals surface area contributed by atoms with Crippen LogP contribution in [-0.4, -0.2) is 41.7 Å². The Bertz CT molecular complexity index is 430. The summed E-state index contributed by atoms with van der Waals surface area (Å²) in [4.78, 5) is 13.7. The third kappa shape index (κ3) is 3.47. The summed E-state index contributed by atoms with van der Waals surface area (Å²) in [5.74, 6) is 0.618. The van der Waals surface area contributed by atoms with E-state index in [1.54, 1.807) is 4.90 Å². The van der Waals surface area contributed by atoms with E-state index in [-0.39, 0.29) is 17.9 Å². The average Bonchev–Trinajstić information content (AvgIpc) is 2.40. The van der Waals surface area contributed by atoms with Gasteiger partial charge in [-0.05, 0) is 24.0 Å². The highest BCUT2D eigenvalue weighted by atomic mass is 16.5. The molecule has 1 fully saturated rings. The van der Waals surface area contributed by atoms with Gasteiger partial charge >= 0.3 is 0 Å². The van der Waals surface area contributed by atoms with Crippen LogP contribution in [0, 0.1) is 5.41 Å². The fourth-order valence-electron chi connectivity index (χ4n) is 2.12. The Balaban J connectivity index is 1.84. The van der Waals surface area contributed by atoms with Crippen molar-refractivity contribution in [3.05, 3.63) is 30.3 Å². The van der Waals surface area contributed by atoms with Gasteiger partial charge in [0.2, 0.25) is 0 Å². The number of benzene rings is 1. The van der Waals surface area contributed by atoms with Gasteiger partial charge in [-0.2, -0.15) is 0 Å². The molecule has 1 aliphatic rings. The number of rotatable bonds is 3. The lowest BCUT2D eigenvalue weighted by molar-refractivity contribution is -0.140. The number of ether oxygens (including phenoxy) is 1. The van der Waals surface area contributed by atoms with E-state index in [1.165, 1.54) is 0 Å². The maximum atomic E-state index is 12.0. The molecular weight excluding hydrogens is 242 g/mol. The van der Waals surface area contributed by atoms with E-state index in [2.05, 4.69) is 0 Å². The summed E-state index contributed by atoms with van der Waals surface area (Å²) in [5, 5.41) is 10.0. The zero-order valence-corrected chi connectivity index (χ0v) is 11.5. The monoisotopic (exact) mass is 263 g/mol. The molecular formula is C15H21NO3. The number of β-amino-alcohol motifs (C(OH)–C–C–N with tert-alkyl or cyclic N) is 1. The zero-order valence-electron chi connectivity index (χ0n) is 11.5. The Morgan fingerprint density at radius 1 is 1.42 bits per heavy atom. The molecule has 0 aliphatic carbocycles. The van der Waals surface area contributed by atoms with E-state index in [4.69, 9.17) is 4.74 Å². The van der Waals surface area contributed by atoms with Gasteiger partial charge in [0.1, 0.15) is 5.75 Å². The second kappa shape index (κ2) is 5.61. The van der Waals surface area contributed by atoms with E-state index >= 15 is 0 Å². The molecule has 1 aromatic rings. The molecule has 0 saturated carbocycles. The van der Waals surface area contributed by atoms with Gasteiger partial charge in [0.25, 0.3) is 5.91 Å². The quantitative estimate of drug-likeness (QED) is 0.902. The molecule has 1 saturated heterocycles. The van der Waals surface area contributed by atoms with Crippen LogP contribution in [0.25, 0.3) is 0 Å². The van der Waals surface area contributed by atoms with E-state index in [0.29, 0.717) is 18.8 Å². The largest absolute Gasteiger partial charge is 0.484 e. The molecule has 0 aromatic heterocycles. The van der Waals surface area contributed by atoms with Crippen LogP contribution in [0.2, 0.25) is 0 Å². The van der Waals surface area contributed by atoms with Crippen molar-refractivity contribution in [2.75, 3.05) is 19.7 Å². The topological polar surface area (TPSA) is 49.8 Å². The highest BCUT2D eigenvalue weighted by Crippen LogP contribution is 2.30. The zero-order chi connectivity index (χ0) is 13.9. The van der Waals surface area contributed by atoms with Crippen molar-refractivity contribution in [3.63, 3.8) is 0 Å². The number of nitrogens with zero attached hydrogens (tertiary/aromatic N) is 1. The standard InChI is InChI=1S/C15H21NO3/c1-15(2)8-9-16(10-13(15)17)14(18)11-19-12-6-4-3-5-7-12/h3-7,13,17H,8-11H2,1-2H3. The van der Waals surface area contributed by atoms with E-state index in [9.17, 15) is 9.90 Å². The Kier molecular flexibility index (Phi) is 4.10. The van der Waals surface area contributed by atoms with Gasteiger partial charge in [0, 0.05) is 13.1 Å². The van der Waals surface area contributed by atoms with Gasteiger partial charge in [-0.1, -0.05) is 32.0 Å². The van der Waals surface area contributed by atoms with Crippen molar-refractivity contribution < 1.29 is 14.6 Å². The van der Waals surface area contributed by atoms with Crippen LogP contribution in [-0.2, 0) is 4.79 Å². The van der Waals surface area contributed by atoms with Crippen LogP contribution in [0.4, 0.5) is 0 Å². The lowest BCUT2D eigenvalue weighted by Gasteiger charge is -2.41. The van der Waals surface area contributed by atoms with Crippen LogP contribution in [0.1, 0.15) is 20.3 Å². The molecule has 0 radical (unpaired) electrons. The molecule has 0 bridgehead atoms. The molecule has 1 unspecified atom stereocenters. The molecule has 0 spiro atoms. The summed E-state index contributed by atoms with van der Waals surface area (Å²) in [5.41, 5.74) is -0.114. The number of aliphatic hydroxyl groups is 1. The minimum atomic E-state index is -0.470. The van der Waals surface area contributed by atoms with Crippen molar-refractivity contribution in [1.29, 1.82) is 0 Å². The minimum absolute atomic E-state index is 0.0250. The minimum Gasteiger partial charge on any atom is -0.484 e. The van der Waals surface area contributed by atoms with Gasteiger partial charge < -0.3 is 14.7 Å². The maximum Gasteiger partial charge on any atom is 0.260 e. The number of hydrogen-bond donors (Lipinski definition) is 1. The molecule has 19 heavy (non-hydrogen) atoms. The van der Waals surface area contributed by atoms with Crippen LogP contribution in [0.3, 0.4) is 0 Å².